The Balaban J connectivity index is 1.76. The summed E-state index contributed by atoms with van der Waals surface area (Å²) in [5.41, 5.74) is 1.43. The summed E-state index contributed by atoms with van der Waals surface area (Å²) in [6, 6.07) is -0.0597. The zero-order valence-corrected chi connectivity index (χ0v) is 14.5. The molecule has 1 amide bonds. The molecule has 1 aliphatic heterocycles. The van der Waals surface area contributed by atoms with Crippen molar-refractivity contribution in [3.63, 3.8) is 0 Å². The van der Waals surface area contributed by atoms with Crippen LogP contribution in [0.3, 0.4) is 0 Å². The zero-order valence-electron chi connectivity index (χ0n) is 14.5. The average molecular weight is 345 g/mol. The highest BCUT2D eigenvalue weighted by molar-refractivity contribution is 5.92. The molecule has 8 heteroatoms. The summed E-state index contributed by atoms with van der Waals surface area (Å²) >= 11 is 0. The van der Waals surface area contributed by atoms with Crippen molar-refractivity contribution >= 4 is 5.91 Å². The first-order valence-corrected chi connectivity index (χ1v) is 8.34. The Kier molecular flexibility index (Phi) is 5.72. The molecule has 0 saturated carbocycles. The molecule has 8 nitrogen and oxygen atoms in total. The lowest BCUT2D eigenvalue weighted by atomic mass is 10.0. The molecule has 3 heterocycles. The lowest BCUT2D eigenvalue weighted by Gasteiger charge is -2.27. The molecule has 25 heavy (non-hydrogen) atoms. The molecule has 1 fully saturated rings. The van der Waals surface area contributed by atoms with Gasteiger partial charge in [0.25, 0.3) is 5.91 Å². The fourth-order valence-electron chi connectivity index (χ4n) is 3.17. The first-order chi connectivity index (χ1) is 12.2. The van der Waals surface area contributed by atoms with E-state index in [4.69, 9.17) is 9.47 Å². The third-order valence-corrected chi connectivity index (χ3v) is 4.35. The van der Waals surface area contributed by atoms with Crippen LogP contribution in [0.25, 0.3) is 0 Å². The quantitative estimate of drug-likeness (QED) is 0.687. The van der Waals surface area contributed by atoms with Gasteiger partial charge in [-0.2, -0.15) is 5.10 Å². The van der Waals surface area contributed by atoms with E-state index in [-0.39, 0.29) is 18.1 Å². The van der Waals surface area contributed by atoms with Crippen LogP contribution in [0.5, 0.6) is 0 Å². The fraction of sp³-hybridized carbons (Fsp3) is 0.529. The van der Waals surface area contributed by atoms with Gasteiger partial charge in [-0.15, -0.1) is 0 Å². The maximum Gasteiger partial charge on any atom is 0.274 e. The minimum atomic E-state index is -0.111. The lowest BCUT2D eigenvalue weighted by molar-refractivity contribution is 0.000410. The third kappa shape index (κ3) is 4.21. The van der Waals surface area contributed by atoms with Crippen LogP contribution in [0.4, 0.5) is 0 Å². The number of hydrogen-bond acceptors (Lipinski definition) is 6. The number of likely N-dealkylation sites (tertiary alicyclic amines) is 1. The van der Waals surface area contributed by atoms with E-state index in [2.05, 4.69) is 15.1 Å². The molecule has 2 atom stereocenters. The lowest BCUT2D eigenvalue weighted by Crippen LogP contribution is -2.42. The van der Waals surface area contributed by atoms with Gasteiger partial charge in [-0.3, -0.25) is 14.5 Å². The summed E-state index contributed by atoms with van der Waals surface area (Å²) in [7, 11) is 3.53. The fourth-order valence-corrected chi connectivity index (χ4v) is 3.17. The van der Waals surface area contributed by atoms with Crippen molar-refractivity contribution in [2.24, 2.45) is 7.05 Å². The van der Waals surface area contributed by atoms with Crippen LogP contribution in [-0.2, 0) is 22.9 Å². The smallest absolute Gasteiger partial charge is 0.274 e. The van der Waals surface area contributed by atoms with E-state index in [0.29, 0.717) is 31.9 Å². The van der Waals surface area contributed by atoms with Gasteiger partial charge in [0.15, 0.2) is 0 Å². The predicted molar refractivity (Wildman–Crippen MR) is 90.0 cm³/mol. The standard InChI is InChI=1S/C17H23N5O3/c1-21-12-13(10-20-21)9-15-16(25-8-7-24-2)3-6-22(15)17(23)14-11-18-4-5-19-14/h4-5,10-12,15-16H,3,6-9H2,1-2H3/t15-,16+/m1/s1. The molecular formula is C17H23N5O3. The summed E-state index contributed by atoms with van der Waals surface area (Å²) in [5.74, 6) is -0.111. The van der Waals surface area contributed by atoms with Crippen LogP contribution in [0.1, 0.15) is 22.5 Å². The highest BCUT2D eigenvalue weighted by Gasteiger charge is 2.38. The van der Waals surface area contributed by atoms with Crippen molar-refractivity contribution in [2.45, 2.75) is 25.0 Å². The molecule has 2 aromatic rings. The second kappa shape index (κ2) is 8.17. The Morgan fingerprint density at radius 2 is 2.20 bits per heavy atom. The topological polar surface area (TPSA) is 82.4 Å². The third-order valence-electron chi connectivity index (χ3n) is 4.35. The van der Waals surface area contributed by atoms with Crippen LogP contribution < -0.4 is 0 Å². The Hall–Kier alpha value is -2.32. The Morgan fingerprint density at radius 3 is 2.88 bits per heavy atom. The maximum atomic E-state index is 12.9. The summed E-state index contributed by atoms with van der Waals surface area (Å²) in [6.45, 7) is 1.68. The minimum absolute atomic E-state index is 0.0315. The van der Waals surface area contributed by atoms with Gasteiger partial charge in [-0.25, -0.2) is 4.98 Å². The molecule has 0 spiro atoms. The summed E-state index contributed by atoms with van der Waals surface area (Å²) in [5, 5.41) is 4.22. The molecule has 3 rings (SSSR count). The molecule has 0 N–H and O–H groups in total. The van der Waals surface area contributed by atoms with E-state index in [1.165, 1.54) is 12.4 Å². The van der Waals surface area contributed by atoms with E-state index < -0.39 is 0 Å². The monoisotopic (exact) mass is 345 g/mol. The van der Waals surface area contributed by atoms with Crippen LogP contribution in [0.15, 0.2) is 31.0 Å². The first-order valence-electron chi connectivity index (χ1n) is 8.34. The Bertz CT molecular complexity index is 691. The average Bonchev–Trinajstić information content (AvgIpc) is 3.22. The summed E-state index contributed by atoms with van der Waals surface area (Å²) < 4.78 is 12.8. The van der Waals surface area contributed by atoms with E-state index in [0.717, 1.165) is 12.0 Å². The molecule has 0 aromatic carbocycles. The van der Waals surface area contributed by atoms with Crippen LogP contribution in [0, 0.1) is 0 Å². The van der Waals surface area contributed by atoms with Crippen molar-refractivity contribution < 1.29 is 14.3 Å². The molecule has 134 valence electrons. The van der Waals surface area contributed by atoms with Crippen LogP contribution >= 0.6 is 0 Å². The second-order valence-corrected chi connectivity index (χ2v) is 6.07. The van der Waals surface area contributed by atoms with E-state index in [1.54, 1.807) is 18.0 Å². The second-order valence-electron chi connectivity index (χ2n) is 6.07. The van der Waals surface area contributed by atoms with Crippen LogP contribution in [-0.4, -0.2) is 69.6 Å². The van der Waals surface area contributed by atoms with Crippen molar-refractivity contribution in [3.8, 4) is 0 Å². The highest BCUT2D eigenvalue weighted by Crippen LogP contribution is 2.25. The number of aromatic nitrogens is 4. The number of rotatable bonds is 7. The Morgan fingerprint density at radius 1 is 1.32 bits per heavy atom. The van der Waals surface area contributed by atoms with Gasteiger partial charge in [0, 0.05) is 39.3 Å². The van der Waals surface area contributed by atoms with E-state index in [9.17, 15) is 4.79 Å². The largest absolute Gasteiger partial charge is 0.382 e. The van der Waals surface area contributed by atoms with Gasteiger partial charge in [0.1, 0.15) is 5.69 Å². The van der Waals surface area contributed by atoms with Gasteiger partial charge in [-0.1, -0.05) is 0 Å². The number of nitrogens with zero attached hydrogens (tertiary/aromatic N) is 5. The molecule has 2 aromatic heterocycles. The number of carbonyl (C=O) groups excluding carboxylic acids is 1. The summed E-state index contributed by atoms with van der Waals surface area (Å²) in [4.78, 5) is 22.8. The molecule has 0 unspecified atom stereocenters. The van der Waals surface area contributed by atoms with Crippen molar-refractivity contribution in [1.82, 2.24) is 24.6 Å². The minimum Gasteiger partial charge on any atom is -0.382 e. The number of methoxy groups -OCH3 is 1. The normalized spacial score (nSPS) is 20.2. The highest BCUT2D eigenvalue weighted by atomic mass is 16.5. The van der Waals surface area contributed by atoms with E-state index in [1.807, 2.05) is 24.3 Å². The summed E-state index contributed by atoms with van der Waals surface area (Å²) in [6.07, 6.45) is 9.85. The van der Waals surface area contributed by atoms with Crippen LogP contribution in [0.2, 0.25) is 0 Å². The Labute approximate surface area is 146 Å². The van der Waals surface area contributed by atoms with Crippen molar-refractivity contribution in [1.29, 1.82) is 0 Å². The SMILES string of the molecule is COCCO[C@H]1CCN(C(=O)c2cnccn2)[C@@H]1Cc1cnn(C)c1. The molecule has 0 aliphatic carbocycles. The predicted octanol–water partition coefficient (Wildman–Crippen LogP) is 0.699. The molecular weight excluding hydrogens is 322 g/mol. The van der Waals surface area contributed by atoms with Gasteiger partial charge in [0.2, 0.25) is 0 Å². The number of hydrogen-bond donors (Lipinski definition) is 0. The van der Waals surface area contributed by atoms with Crippen molar-refractivity contribution in [2.75, 3.05) is 26.9 Å². The molecule has 1 aliphatic rings. The number of amides is 1. The number of aryl methyl sites for hydroxylation is 1. The maximum absolute atomic E-state index is 12.9. The zero-order chi connectivity index (χ0) is 17.6. The molecule has 1 saturated heterocycles. The number of ether oxygens (including phenoxy) is 2. The first kappa shape index (κ1) is 17.5. The molecule has 0 radical (unpaired) electrons. The van der Waals surface area contributed by atoms with Gasteiger partial charge < -0.3 is 14.4 Å². The van der Waals surface area contributed by atoms with E-state index >= 15 is 0 Å². The number of carbonyl (C=O) groups is 1. The van der Waals surface area contributed by atoms with Gasteiger partial charge >= 0.3 is 0 Å². The van der Waals surface area contributed by atoms with Gasteiger partial charge in [0.05, 0.1) is 37.8 Å². The molecule has 0 bridgehead atoms. The van der Waals surface area contributed by atoms with Gasteiger partial charge in [-0.05, 0) is 18.4 Å². The van der Waals surface area contributed by atoms with Crippen molar-refractivity contribution in [3.05, 3.63) is 42.2 Å².